The number of furan rings is 1. The predicted molar refractivity (Wildman–Crippen MR) is 154 cm³/mol. The number of benzene rings is 3. The molecular weight excluding hydrogens is 533 g/mol. The van der Waals surface area contributed by atoms with Gasteiger partial charge in [-0.15, -0.1) is 0 Å². The first-order valence-corrected chi connectivity index (χ1v) is 14.7. The number of halogens is 1. The summed E-state index contributed by atoms with van der Waals surface area (Å²) in [6.07, 6.45) is 2.84. The molecule has 1 aliphatic carbocycles. The van der Waals surface area contributed by atoms with Crippen LogP contribution in [0, 0.1) is 5.82 Å². The van der Waals surface area contributed by atoms with Gasteiger partial charge in [0.2, 0.25) is 0 Å². The van der Waals surface area contributed by atoms with Crippen molar-refractivity contribution >= 4 is 44.1 Å². The number of anilines is 2. The number of fused-ring (bicyclic) bond motifs is 1. The highest BCUT2D eigenvalue weighted by molar-refractivity contribution is 7.93. The molecule has 8 nitrogen and oxygen atoms in total. The summed E-state index contributed by atoms with van der Waals surface area (Å²) in [5.41, 5.74) is 1.75. The lowest BCUT2D eigenvalue weighted by Crippen LogP contribution is -2.27. The molecule has 1 fully saturated rings. The molecule has 0 radical (unpaired) electrons. The van der Waals surface area contributed by atoms with Crippen molar-refractivity contribution in [2.45, 2.75) is 50.2 Å². The van der Waals surface area contributed by atoms with Crippen molar-refractivity contribution in [3.63, 3.8) is 0 Å². The summed E-state index contributed by atoms with van der Waals surface area (Å²) >= 11 is 0. The van der Waals surface area contributed by atoms with E-state index in [0.29, 0.717) is 32.8 Å². The van der Waals surface area contributed by atoms with E-state index in [9.17, 15) is 18.2 Å². The van der Waals surface area contributed by atoms with E-state index in [0.717, 1.165) is 18.4 Å². The Bertz CT molecular complexity index is 1730. The van der Waals surface area contributed by atoms with Gasteiger partial charge in [-0.3, -0.25) is 10.1 Å². The van der Waals surface area contributed by atoms with Gasteiger partial charge in [0.25, 0.3) is 5.91 Å². The molecule has 1 aliphatic rings. The minimum absolute atomic E-state index is 0.0317. The summed E-state index contributed by atoms with van der Waals surface area (Å²) < 4.78 is 42.2. The maximum Gasteiger partial charge on any atom is 0.412 e. The van der Waals surface area contributed by atoms with E-state index >= 15 is 0 Å². The third kappa shape index (κ3) is 6.51. The fourth-order valence-corrected chi connectivity index (χ4v) is 5.64. The van der Waals surface area contributed by atoms with Crippen molar-refractivity contribution in [1.82, 2.24) is 0 Å². The smallest absolute Gasteiger partial charge is 0.412 e. The van der Waals surface area contributed by atoms with Crippen LogP contribution >= 0.6 is 0 Å². The summed E-state index contributed by atoms with van der Waals surface area (Å²) in [5.74, 6) is -0.890. The molecule has 10 heteroatoms. The third-order valence-electron chi connectivity index (χ3n) is 6.13. The van der Waals surface area contributed by atoms with E-state index in [1.54, 1.807) is 81.6 Å². The quantitative estimate of drug-likeness (QED) is 0.253. The minimum atomic E-state index is -2.55. The predicted octanol–water partition coefficient (Wildman–Crippen LogP) is 7.46. The number of rotatable bonds is 6. The fraction of sp³-hybridized carbons (Fsp3) is 0.267. The second-order valence-corrected chi connectivity index (χ2v) is 13.1. The van der Waals surface area contributed by atoms with Crippen LogP contribution < -0.4 is 10.6 Å². The number of hydrogen-bond donors (Lipinski definition) is 2. The Hall–Kier alpha value is -4.18. The van der Waals surface area contributed by atoms with E-state index < -0.39 is 27.3 Å². The number of amides is 2. The summed E-state index contributed by atoms with van der Waals surface area (Å²) in [7, 11) is -2.55. The Kier molecular flexibility index (Phi) is 7.14. The average Bonchev–Trinajstić information content (AvgIpc) is 3.56. The van der Waals surface area contributed by atoms with Crippen molar-refractivity contribution in [2.24, 2.45) is 4.36 Å². The topological polar surface area (TPSA) is 110 Å². The van der Waals surface area contributed by atoms with E-state index in [1.807, 2.05) is 0 Å². The van der Waals surface area contributed by atoms with Crippen molar-refractivity contribution in [3.05, 3.63) is 78.3 Å². The van der Waals surface area contributed by atoms with Crippen LogP contribution in [0.25, 0.3) is 22.1 Å². The molecule has 1 unspecified atom stereocenters. The molecule has 2 N–H and O–H groups in total. The lowest BCUT2D eigenvalue weighted by atomic mass is 10.0. The summed E-state index contributed by atoms with van der Waals surface area (Å²) in [5, 5.41) is 6.10. The molecule has 208 valence electrons. The SMILES string of the molecule is CC(C)(C)OC(=O)Nc1ccc(-c2ccc(F)cc2)cc1NC(=O)c1cc2cc(S(C)(=O)=NC3CC3)ccc2o1. The van der Waals surface area contributed by atoms with Crippen molar-refractivity contribution < 1.29 is 27.3 Å². The molecule has 0 saturated heterocycles. The summed E-state index contributed by atoms with van der Waals surface area (Å²) in [4.78, 5) is 26.4. The van der Waals surface area contributed by atoms with Crippen LogP contribution in [-0.4, -0.2) is 34.1 Å². The maximum absolute atomic E-state index is 13.5. The van der Waals surface area contributed by atoms with E-state index in [-0.39, 0.29) is 17.6 Å². The molecule has 1 atom stereocenters. The van der Waals surface area contributed by atoms with Gasteiger partial charge in [-0.1, -0.05) is 18.2 Å². The van der Waals surface area contributed by atoms with Gasteiger partial charge >= 0.3 is 6.09 Å². The Labute approximate surface area is 232 Å². The molecule has 40 heavy (non-hydrogen) atoms. The third-order valence-corrected chi connectivity index (χ3v) is 7.96. The van der Waals surface area contributed by atoms with E-state index in [2.05, 4.69) is 15.0 Å². The van der Waals surface area contributed by atoms with Crippen molar-refractivity contribution in [2.75, 3.05) is 16.9 Å². The molecule has 0 bridgehead atoms. The van der Waals surface area contributed by atoms with Crippen LogP contribution in [-0.2, 0) is 14.5 Å². The molecular formula is C30H30FN3O5S. The lowest BCUT2D eigenvalue weighted by molar-refractivity contribution is 0.0635. The highest BCUT2D eigenvalue weighted by Crippen LogP contribution is 2.32. The average molecular weight is 564 g/mol. The summed E-state index contributed by atoms with van der Waals surface area (Å²) in [6, 6.07) is 17.8. The zero-order valence-electron chi connectivity index (χ0n) is 22.6. The molecule has 3 aromatic carbocycles. The van der Waals surface area contributed by atoms with Crippen LogP contribution in [0.4, 0.5) is 20.6 Å². The Morgan fingerprint density at radius 1 is 0.950 bits per heavy atom. The number of ether oxygens (including phenoxy) is 1. The summed E-state index contributed by atoms with van der Waals surface area (Å²) in [6.45, 7) is 5.24. The molecule has 1 saturated carbocycles. The van der Waals surface area contributed by atoms with Crippen LogP contribution in [0.15, 0.2) is 80.4 Å². The number of hydrogen-bond acceptors (Lipinski definition) is 6. The molecule has 0 aliphatic heterocycles. The van der Waals surface area contributed by atoms with Crippen LogP contribution in [0.5, 0.6) is 0 Å². The van der Waals surface area contributed by atoms with Gasteiger partial charge in [0.1, 0.15) is 17.0 Å². The highest BCUT2D eigenvalue weighted by atomic mass is 32.2. The van der Waals surface area contributed by atoms with Crippen molar-refractivity contribution in [3.8, 4) is 11.1 Å². The van der Waals surface area contributed by atoms with E-state index in [4.69, 9.17) is 9.15 Å². The normalized spacial score (nSPS) is 14.8. The second-order valence-electron chi connectivity index (χ2n) is 10.8. The number of nitrogens with one attached hydrogen (secondary N) is 2. The van der Waals surface area contributed by atoms with Gasteiger partial charge < -0.3 is 14.5 Å². The molecule has 1 heterocycles. The lowest BCUT2D eigenvalue weighted by Gasteiger charge is -2.21. The molecule has 2 amide bonds. The maximum atomic E-state index is 13.5. The standard InChI is InChI=1S/C30H30FN3O5S/c1-30(2,3)39-29(36)33-24-13-7-19(18-5-8-21(31)9-6-18)16-25(24)32-28(35)27-17-20-15-23(12-14-26(20)38-27)40(4,37)34-22-10-11-22/h5-9,12-17,22H,10-11H2,1-4H3,(H,32,35)(H,33,36). The molecule has 0 spiro atoms. The van der Waals surface area contributed by atoms with Gasteiger partial charge in [-0.25, -0.2) is 17.8 Å². The first-order chi connectivity index (χ1) is 18.9. The van der Waals surface area contributed by atoms with Gasteiger partial charge in [0.05, 0.1) is 27.1 Å². The monoisotopic (exact) mass is 563 g/mol. The largest absolute Gasteiger partial charge is 0.451 e. The van der Waals surface area contributed by atoms with Gasteiger partial charge in [0, 0.05) is 16.5 Å². The van der Waals surface area contributed by atoms with Crippen LogP contribution in [0.3, 0.4) is 0 Å². The molecule has 5 rings (SSSR count). The zero-order chi connectivity index (χ0) is 28.7. The zero-order valence-corrected chi connectivity index (χ0v) is 23.4. The van der Waals surface area contributed by atoms with Gasteiger partial charge in [-0.05, 0) is 93.3 Å². The highest BCUT2D eigenvalue weighted by Gasteiger charge is 2.24. The van der Waals surface area contributed by atoms with Crippen LogP contribution in [0.1, 0.15) is 44.2 Å². The van der Waals surface area contributed by atoms with E-state index in [1.165, 1.54) is 12.1 Å². The Morgan fingerprint density at radius 3 is 2.33 bits per heavy atom. The first-order valence-electron chi connectivity index (χ1n) is 12.8. The van der Waals surface area contributed by atoms with Crippen molar-refractivity contribution in [1.29, 1.82) is 0 Å². The first kappa shape index (κ1) is 27.4. The number of carbonyl (C=O) groups is 2. The minimum Gasteiger partial charge on any atom is -0.451 e. The Balaban J connectivity index is 1.45. The Morgan fingerprint density at radius 2 is 1.65 bits per heavy atom. The van der Waals surface area contributed by atoms with Gasteiger partial charge in [0.15, 0.2) is 5.76 Å². The van der Waals surface area contributed by atoms with Crippen LogP contribution in [0.2, 0.25) is 0 Å². The molecule has 4 aromatic rings. The molecule has 1 aromatic heterocycles. The number of carbonyl (C=O) groups excluding carboxylic acids is 2. The second kappa shape index (κ2) is 10.4. The fourth-order valence-electron chi connectivity index (χ4n) is 4.07. The number of nitrogens with zero attached hydrogens (tertiary/aromatic N) is 1. The van der Waals surface area contributed by atoms with Gasteiger partial charge in [-0.2, -0.15) is 0 Å².